The standard InChI is InChI=1S/C20H27N3O6S2/c1-14-5-9-17(10-6-14)31(28,29)23-18(19(24)22-25)13-21-30(26,27)16-11-7-15(8-12-16)20(2,3)4/h5-12,18,21,23,25H,13H2,1-4H3,(H,22,24). The second-order valence-corrected chi connectivity index (χ2v) is 11.6. The van der Waals surface area contributed by atoms with Gasteiger partial charge in [0.05, 0.1) is 9.79 Å². The molecule has 0 heterocycles. The molecule has 9 nitrogen and oxygen atoms in total. The van der Waals surface area contributed by atoms with Crippen molar-refractivity contribution in [3.05, 3.63) is 59.7 Å². The molecule has 2 rings (SSSR count). The number of sulfonamides is 2. The van der Waals surface area contributed by atoms with Gasteiger partial charge >= 0.3 is 0 Å². The van der Waals surface area contributed by atoms with Crippen molar-refractivity contribution in [2.45, 2.75) is 48.9 Å². The van der Waals surface area contributed by atoms with E-state index in [1.165, 1.54) is 29.7 Å². The van der Waals surface area contributed by atoms with Crippen LogP contribution in [0, 0.1) is 6.92 Å². The van der Waals surface area contributed by atoms with Gasteiger partial charge in [0.2, 0.25) is 20.0 Å². The van der Waals surface area contributed by atoms with E-state index in [2.05, 4.69) is 9.44 Å². The average molecular weight is 470 g/mol. The van der Waals surface area contributed by atoms with Gasteiger partial charge in [-0.2, -0.15) is 4.72 Å². The first-order valence-corrected chi connectivity index (χ1v) is 12.4. The van der Waals surface area contributed by atoms with Gasteiger partial charge in [0.15, 0.2) is 0 Å². The first-order chi connectivity index (χ1) is 14.3. The van der Waals surface area contributed by atoms with Crippen LogP contribution >= 0.6 is 0 Å². The van der Waals surface area contributed by atoms with Crippen molar-refractivity contribution in [1.29, 1.82) is 0 Å². The number of carbonyl (C=O) groups is 1. The van der Waals surface area contributed by atoms with Crippen LogP contribution in [-0.2, 0) is 30.3 Å². The zero-order chi connectivity index (χ0) is 23.4. The monoisotopic (exact) mass is 469 g/mol. The highest BCUT2D eigenvalue weighted by atomic mass is 32.2. The summed E-state index contributed by atoms with van der Waals surface area (Å²) in [6.07, 6.45) is 0. The summed E-state index contributed by atoms with van der Waals surface area (Å²) in [5.74, 6) is -1.11. The van der Waals surface area contributed by atoms with Crippen LogP contribution in [0.5, 0.6) is 0 Å². The summed E-state index contributed by atoms with van der Waals surface area (Å²) in [6, 6.07) is 10.5. The van der Waals surface area contributed by atoms with Crippen LogP contribution in [0.2, 0.25) is 0 Å². The maximum absolute atomic E-state index is 12.6. The molecule has 0 aliphatic carbocycles. The lowest BCUT2D eigenvalue weighted by Crippen LogP contribution is -2.51. The van der Waals surface area contributed by atoms with Gasteiger partial charge in [-0.25, -0.2) is 27.0 Å². The predicted molar refractivity (Wildman–Crippen MR) is 116 cm³/mol. The summed E-state index contributed by atoms with van der Waals surface area (Å²) in [6.45, 7) is 7.16. The van der Waals surface area contributed by atoms with Crippen molar-refractivity contribution in [1.82, 2.24) is 14.9 Å². The van der Waals surface area contributed by atoms with Crippen LogP contribution < -0.4 is 14.9 Å². The third-order valence-corrected chi connectivity index (χ3v) is 7.49. The number of nitrogens with one attached hydrogen (secondary N) is 3. The fourth-order valence-corrected chi connectivity index (χ4v) is 4.89. The Kier molecular flexibility index (Phi) is 7.61. The van der Waals surface area contributed by atoms with E-state index in [1.54, 1.807) is 31.2 Å². The lowest BCUT2D eigenvalue weighted by Gasteiger charge is -2.20. The average Bonchev–Trinajstić information content (AvgIpc) is 2.70. The second kappa shape index (κ2) is 9.45. The molecule has 11 heteroatoms. The molecule has 0 saturated carbocycles. The van der Waals surface area contributed by atoms with Crippen molar-refractivity contribution in [3.8, 4) is 0 Å². The van der Waals surface area contributed by atoms with Crippen molar-refractivity contribution in [2.24, 2.45) is 0 Å². The Morgan fingerprint density at radius 3 is 1.87 bits per heavy atom. The molecule has 0 aliphatic rings. The van der Waals surface area contributed by atoms with Gasteiger partial charge in [0, 0.05) is 6.54 Å². The van der Waals surface area contributed by atoms with Gasteiger partial charge < -0.3 is 0 Å². The van der Waals surface area contributed by atoms with Crippen molar-refractivity contribution in [3.63, 3.8) is 0 Å². The molecule has 1 unspecified atom stereocenters. The molecular weight excluding hydrogens is 442 g/mol. The van der Waals surface area contributed by atoms with E-state index < -0.39 is 38.5 Å². The third kappa shape index (κ3) is 6.58. The Hall–Kier alpha value is -2.31. The molecular formula is C20H27N3O6S2. The SMILES string of the molecule is Cc1ccc(S(=O)(=O)NC(CNS(=O)(=O)c2ccc(C(C)(C)C)cc2)C(=O)NO)cc1. The number of hydrogen-bond donors (Lipinski definition) is 4. The minimum atomic E-state index is -4.14. The van der Waals surface area contributed by atoms with Gasteiger partial charge in [-0.15, -0.1) is 0 Å². The Morgan fingerprint density at radius 2 is 1.39 bits per heavy atom. The Balaban J connectivity index is 2.19. The zero-order valence-electron chi connectivity index (χ0n) is 17.7. The third-order valence-electron chi connectivity index (χ3n) is 4.56. The first kappa shape index (κ1) is 25.0. The number of hydroxylamine groups is 1. The molecule has 31 heavy (non-hydrogen) atoms. The number of aryl methyl sites for hydroxylation is 1. The van der Waals surface area contributed by atoms with Gasteiger partial charge in [-0.1, -0.05) is 50.6 Å². The fraction of sp³-hybridized carbons (Fsp3) is 0.350. The molecule has 0 radical (unpaired) electrons. The minimum Gasteiger partial charge on any atom is -0.289 e. The van der Waals surface area contributed by atoms with Crippen LogP contribution in [0.15, 0.2) is 58.3 Å². The zero-order valence-corrected chi connectivity index (χ0v) is 19.3. The summed E-state index contributed by atoms with van der Waals surface area (Å²) in [7, 11) is -8.17. The summed E-state index contributed by atoms with van der Waals surface area (Å²) in [4.78, 5) is 11.8. The van der Waals surface area contributed by atoms with E-state index in [1.807, 2.05) is 20.8 Å². The van der Waals surface area contributed by atoms with E-state index in [-0.39, 0.29) is 15.2 Å². The maximum atomic E-state index is 12.6. The number of hydrogen-bond acceptors (Lipinski definition) is 6. The quantitative estimate of drug-likeness (QED) is 0.340. The van der Waals surface area contributed by atoms with Crippen LogP contribution in [0.1, 0.15) is 31.9 Å². The Bertz CT molecular complexity index is 1120. The highest BCUT2D eigenvalue weighted by molar-refractivity contribution is 7.90. The summed E-state index contributed by atoms with van der Waals surface area (Å²) in [5.41, 5.74) is 2.97. The molecule has 0 saturated heterocycles. The van der Waals surface area contributed by atoms with Gasteiger partial charge in [-0.05, 0) is 42.2 Å². The minimum absolute atomic E-state index is 0.0370. The van der Waals surface area contributed by atoms with Crippen LogP contribution in [-0.4, -0.2) is 40.5 Å². The van der Waals surface area contributed by atoms with Gasteiger partial charge in [0.1, 0.15) is 6.04 Å². The second-order valence-electron chi connectivity index (χ2n) is 8.09. The van der Waals surface area contributed by atoms with Crippen molar-refractivity contribution >= 4 is 26.0 Å². The first-order valence-electron chi connectivity index (χ1n) is 9.39. The molecule has 4 N–H and O–H groups in total. The summed E-state index contributed by atoms with van der Waals surface area (Å²) < 4.78 is 54.6. The summed E-state index contributed by atoms with van der Waals surface area (Å²) >= 11 is 0. The maximum Gasteiger partial charge on any atom is 0.262 e. The lowest BCUT2D eigenvalue weighted by molar-refractivity contribution is -0.130. The number of amides is 1. The molecule has 0 bridgehead atoms. The molecule has 2 aromatic carbocycles. The number of benzene rings is 2. The Morgan fingerprint density at radius 1 is 0.903 bits per heavy atom. The topological polar surface area (TPSA) is 142 Å². The van der Waals surface area contributed by atoms with E-state index >= 15 is 0 Å². The molecule has 0 spiro atoms. The largest absolute Gasteiger partial charge is 0.289 e. The molecule has 170 valence electrons. The smallest absolute Gasteiger partial charge is 0.262 e. The van der Waals surface area contributed by atoms with Crippen LogP contribution in [0.4, 0.5) is 0 Å². The normalized spacial score (nSPS) is 13.6. The highest BCUT2D eigenvalue weighted by Crippen LogP contribution is 2.23. The fourth-order valence-electron chi connectivity index (χ4n) is 2.65. The van der Waals surface area contributed by atoms with Gasteiger partial charge in [-0.3, -0.25) is 10.0 Å². The summed E-state index contributed by atoms with van der Waals surface area (Å²) in [5, 5.41) is 8.95. The lowest BCUT2D eigenvalue weighted by atomic mass is 9.87. The molecule has 0 fully saturated rings. The molecule has 1 amide bonds. The van der Waals surface area contributed by atoms with E-state index in [9.17, 15) is 21.6 Å². The number of carbonyl (C=O) groups excluding carboxylic acids is 1. The predicted octanol–water partition coefficient (Wildman–Crippen LogP) is 1.42. The molecule has 2 aromatic rings. The highest BCUT2D eigenvalue weighted by Gasteiger charge is 2.28. The van der Waals surface area contributed by atoms with Crippen LogP contribution in [0.3, 0.4) is 0 Å². The van der Waals surface area contributed by atoms with Gasteiger partial charge in [0.25, 0.3) is 5.91 Å². The van der Waals surface area contributed by atoms with E-state index in [4.69, 9.17) is 5.21 Å². The Labute approximate surface area is 182 Å². The van der Waals surface area contributed by atoms with Crippen molar-refractivity contribution in [2.75, 3.05) is 6.54 Å². The number of rotatable bonds is 8. The van der Waals surface area contributed by atoms with Crippen LogP contribution in [0.25, 0.3) is 0 Å². The molecule has 1 atom stereocenters. The molecule has 0 aromatic heterocycles. The van der Waals surface area contributed by atoms with E-state index in [0.717, 1.165) is 11.1 Å². The van der Waals surface area contributed by atoms with Crippen molar-refractivity contribution < 1.29 is 26.8 Å². The molecule has 0 aliphatic heterocycles. The van der Waals surface area contributed by atoms with E-state index in [0.29, 0.717) is 0 Å².